The molecule has 0 aliphatic carbocycles. The number of hydrogen-bond donors (Lipinski definition) is 3. The number of benzene rings is 2. The van der Waals surface area contributed by atoms with Crippen molar-refractivity contribution in [2.75, 3.05) is 38.0 Å². The lowest BCUT2D eigenvalue weighted by atomic mass is 10.1. The van der Waals surface area contributed by atoms with Crippen molar-refractivity contribution in [1.29, 1.82) is 0 Å². The van der Waals surface area contributed by atoms with E-state index in [1.54, 1.807) is 12.1 Å². The Morgan fingerprint density at radius 3 is 2.08 bits per heavy atom. The first-order valence-corrected chi connectivity index (χ1v) is 8.67. The molecule has 0 bridgehead atoms. The fraction of sp³-hybridized carbons (Fsp3) is 0.316. The van der Waals surface area contributed by atoms with Gasteiger partial charge in [-0.15, -0.1) is 0 Å². The van der Waals surface area contributed by atoms with Gasteiger partial charge in [-0.25, -0.2) is 13.2 Å². The molecule has 1 aliphatic rings. The molecule has 0 spiro atoms. The van der Waals surface area contributed by atoms with Gasteiger partial charge in [-0.2, -0.15) is 0 Å². The van der Waals surface area contributed by atoms with E-state index in [1.807, 2.05) is 0 Å². The van der Waals surface area contributed by atoms with E-state index >= 15 is 0 Å². The lowest BCUT2D eigenvalue weighted by Crippen LogP contribution is -3.28. The quantitative estimate of drug-likeness (QED) is 0.687. The maximum Gasteiger partial charge on any atom is 0.279 e. The van der Waals surface area contributed by atoms with Gasteiger partial charge in [0.05, 0.1) is 11.3 Å². The molecule has 3 N–H and O–H groups in total. The van der Waals surface area contributed by atoms with E-state index in [0.29, 0.717) is 6.54 Å². The van der Waals surface area contributed by atoms with Crippen LogP contribution in [0.4, 0.5) is 18.9 Å². The van der Waals surface area contributed by atoms with Crippen molar-refractivity contribution < 1.29 is 27.8 Å². The van der Waals surface area contributed by atoms with Gasteiger partial charge in [0, 0.05) is 0 Å². The van der Waals surface area contributed by atoms with Crippen LogP contribution in [-0.2, 0) is 11.3 Å². The Bertz CT molecular complexity index is 756. The topological polar surface area (TPSA) is 38.0 Å². The maximum absolute atomic E-state index is 13.8. The fourth-order valence-electron chi connectivity index (χ4n) is 3.25. The van der Waals surface area contributed by atoms with Crippen LogP contribution in [0.15, 0.2) is 42.5 Å². The molecule has 7 heteroatoms. The summed E-state index contributed by atoms with van der Waals surface area (Å²) in [5.74, 6) is -1.74. The number of amides is 1. The predicted octanol–water partition coefficient (Wildman–Crippen LogP) is 0.0260. The summed E-state index contributed by atoms with van der Waals surface area (Å²) in [5.41, 5.74) is 0.291. The molecule has 0 aromatic heterocycles. The number of para-hydroxylation sites is 1. The highest BCUT2D eigenvalue weighted by molar-refractivity contribution is 5.91. The van der Waals surface area contributed by atoms with Crippen LogP contribution in [0.2, 0.25) is 0 Å². The normalized spacial score (nSPS) is 20.0. The van der Waals surface area contributed by atoms with Crippen LogP contribution in [0.5, 0.6) is 0 Å². The number of rotatable bonds is 5. The van der Waals surface area contributed by atoms with Crippen LogP contribution in [0.3, 0.4) is 0 Å². The van der Waals surface area contributed by atoms with E-state index in [2.05, 4.69) is 5.32 Å². The third kappa shape index (κ3) is 4.62. The van der Waals surface area contributed by atoms with E-state index < -0.39 is 17.5 Å². The zero-order valence-electron chi connectivity index (χ0n) is 14.3. The van der Waals surface area contributed by atoms with Gasteiger partial charge in [0.2, 0.25) is 0 Å². The molecule has 0 unspecified atom stereocenters. The second kappa shape index (κ2) is 8.33. The molecule has 26 heavy (non-hydrogen) atoms. The first-order chi connectivity index (χ1) is 12.5. The van der Waals surface area contributed by atoms with Gasteiger partial charge in [-0.3, -0.25) is 4.79 Å². The van der Waals surface area contributed by atoms with E-state index in [-0.39, 0.29) is 23.7 Å². The minimum atomic E-state index is -0.517. The number of piperazine rings is 1. The summed E-state index contributed by atoms with van der Waals surface area (Å²) in [6, 6.07) is 9.95. The van der Waals surface area contributed by atoms with Crippen LogP contribution in [-0.4, -0.2) is 38.6 Å². The molecule has 1 saturated heterocycles. The van der Waals surface area contributed by atoms with Crippen LogP contribution in [0.1, 0.15) is 5.56 Å². The highest BCUT2D eigenvalue weighted by Crippen LogP contribution is 2.12. The molecule has 2 aromatic rings. The minimum Gasteiger partial charge on any atom is -0.322 e. The number of carbonyl (C=O) groups is 1. The Hall–Kier alpha value is -2.38. The third-order valence-corrected chi connectivity index (χ3v) is 4.71. The van der Waals surface area contributed by atoms with E-state index in [4.69, 9.17) is 0 Å². The summed E-state index contributed by atoms with van der Waals surface area (Å²) < 4.78 is 41.1. The minimum absolute atomic E-state index is 0.114. The predicted molar refractivity (Wildman–Crippen MR) is 91.4 cm³/mol. The van der Waals surface area contributed by atoms with Crippen molar-refractivity contribution in [3.8, 4) is 0 Å². The first-order valence-electron chi connectivity index (χ1n) is 8.67. The largest absolute Gasteiger partial charge is 0.322 e. The maximum atomic E-state index is 13.8. The Balaban J connectivity index is 1.48. The van der Waals surface area contributed by atoms with Crippen molar-refractivity contribution in [1.82, 2.24) is 0 Å². The Kier molecular flexibility index (Phi) is 5.90. The lowest BCUT2D eigenvalue weighted by Gasteiger charge is -2.29. The Labute approximate surface area is 150 Å². The van der Waals surface area contributed by atoms with Gasteiger partial charge in [0.1, 0.15) is 50.2 Å². The summed E-state index contributed by atoms with van der Waals surface area (Å²) in [6.45, 7) is 3.42. The van der Waals surface area contributed by atoms with E-state index in [9.17, 15) is 18.0 Å². The van der Waals surface area contributed by atoms with E-state index in [1.165, 1.54) is 30.3 Å². The second-order valence-corrected chi connectivity index (χ2v) is 6.58. The van der Waals surface area contributed by atoms with Crippen LogP contribution >= 0.6 is 0 Å². The zero-order chi connectivity index (χ0) is 18.5. The van der Waals surface area contributed by atoms with Crippen LogP contribution in [0.25, 0.3) is 0 Å². The SMILES string of the molecule is O=C(C[NH+]1CC[NH+](Cc2c(F)cccc2F)CC1)Nc1ccccc1F. The van der Waals surface area contributed by atoms with Crippen molar-refractivity contribution in [3.05, 3.63) is 65.5 Å². The molecule has 0 atom stereocenters. The molecule has 1 aliphatic heterocycles. The van der Waals surface area contributed by atoms with Crippen molar-refractivity contribution >= 4 is 11.6 Å². The summed E-state index contributed by atoms with van der Waals surface area (Å²) in [6.07, 6.45) is 0. The van der Waals surface area contributed by atoms with Crippen molar-refractivity contribution in [2.24, 2.45) is 0 Å². The van der Waals surface area contributed by atoms with Gasteiger partial charge < -0.3 is 15.1 Å². The van der Waals surface area contributed by atoms with Crippen molar-refractivity contribution in [2.45, 2.75) is 6.54 Å². The fourth-order valence-corrected chi connectivity index (χ4v) is 3.25. The molecular weight excluding hydrogens is 343 g/mol. The third-order valence-electron chi connectivity index (χ3n) is 4.71. The van der Waals surface area contributed by atoms with Crippen LogP contribution < -0.4 is 15.1 Å². The number of quaternary nitrogens is 2. The highest BCUT2D eigenvalue weighted by atomic mass is 19.1. The number of carbonyl (C=O) groups excluding carboxylic acids is 1. The Morgan fingerprint density at radius 2 is 1.42 bits per heavy atom. The van der Waals surface area contributed by atoms with Gasteiger partial charge in [-0.1, -0.05) is 18.2 Å². The molecule has 1 fully saturated rings. The number of nitrogens with one attached hydrogen (secondary N) is 3. The molecule has 0 radical (unpaired) electrons. The smallest absolute Gasteiger partial charge is 0.279 e. The summed E-state index contributed by atoms with van der Waals surface area (Å²) in [4.78, 5) is 14.3. The monoisotopic (exact) mass is 365 g/mol. The number of hydrogen-bond acceptors (Lipinski definition) is 1. The average Bonchev–Trinajstić information content (AvgIpc) is 2.62. The van der Waals surface area contributed by atoms with Crippen molar-refractivity contribution in [3.63, 3.8) is 0 Å². The molecule has 1 heterocycles. The van der Waals surface area contributed by atoms with E-state index in [0.717, 1.165) is 36.0 Å². The molecule has 0 saturated carbocycles. The molecule has 3 rings (SSSR count). The highest BCUT2D eigenvalue weighted by Gasteiger charge is 2.26. The number of halogens is 3. The average molecular weight is 365 g/mol. The molecule has 4 nitrogen and oxygen atoms in total. The van der Waals surface area contributed by atoms with Gasteiger partial charge in [0.25, 0.3) is 5.91 Å². The van der Waals surface area contributed by atoms with Crippen LogP contribution in [0, 0.1) is 17.5 Å². The summed E-state index contributed by atoms with van der Waals surface area (Å²) in [5, 5.41) is 2.58. The summed E-state index contributed by atoms with van der Waals surface area (Å²) in [7, 11) is 0. The van der Waals surface area contributed by atoms with Gasteiger partial charge >= 0.3 is 0 Å². The second-order valence-electron chi connectivity index (χ2n) is 6.58. The number of anilines is 1. The molecular formula is C19H22F3N3O+2. The van der Waals surface area contributed by atoms with Gasteiger partial charge in [-0.05, 0) is 24.3 Å². The van der Waals surface area contributed by atoms with Gasteiger partial charge in [0.15, 0.2) is 6.54 Å². The zero-order valence-corrected chi connectivity index (χ0v) is 14.3. The first kappa shape index (κ1) is 18.4. The molecule has 138 valence electrons. The molecule has 1 amide bonds. The Morgan fingerprint density at radius 1 is 0.846 bits per heavy atom. The lowest BCUT2D eigenvalue weighted by molar-refractivity contribution is -1.02. The molecule has 2 aromatic carbocycles. The standard InChI is InChI=1S/C19H20F3N3O/c20-15-5-3-6-16(21)14(15)12-24-8-10-25(11-9-24)13-19(26)23-18-7-2-1-4-17(18)22/h1-7H,8-13H2,(H,23,26)/p+2. The summed E-state index contributed by atoms with van der Waals surface area (Å²) >= 11 is 0.